The summed E-state index contributed by atoms with van der Waals surface area (Å²) in [5.74, 6) is 2.01. The van der Waals surface area contributed by atoms with Gasteiger partial charge in [0, 0.05) is 31.0 Å². The number of rotatable bonds is 6. The molecule has 4 rings (SSSR count). The molecule has 8 heteroatoms. The molecule has 3 aromatic rings. The van der Waals surface area contributed by atoms with Gasteiger partial charge in [-0.05, 0) is 24.3 Å². The van der Waals surface area contributed by atoms with Crippen molar-refractivity contribution in [2.45, 2.75) is 12.5 Å². The zero-order valence-electron chi connectivity index (χ0n) is 13.5. The van der Waals surface area contributed by atoms with Gasteiger partial charge in [0.05, 0.1) is 25.3 Å². The maximum Gasteiger partial charge on any atom is 0.234 e. The maximum atomic E-state index is 11.9. The third-order valence-corrected chi connectivity index (χ3v) is 4.07. The Kier molecular flexibility index (Phi) is 4.26. The molecular formula is C17H17N5O3. The minimum absolute atomic E-state index is 0.0311. The topological polar surface area (TPSA) is 97.3 Å². The Balaban J connectivity index is 1.25. The van der Waals surface area contributed by atoms with Crippen LogP contribution in [0.25, 0.3) is 11.4 Å². The molecule has 8 nitrogen and oxygen atoms in total. The van der Waals surface area contributed by atoms with Crippen molar-refractivity contribution in [3.8, 4) is 11.4 Å². The molecular weight excluding hydrogens is 322 g/mol. The SMILES string of the molecule is O=C(CN1CC(c2nc(-c3cccnc3)no2)C1)NCc1ccco1. The molecule has 1 fully saturated rings. The van der Waals surface area contributed by atoms with E-state index in [0.29, 0.717) is 24.8 Å². The fourth-order valence-corrected chi connectivity index (χ4v) is 2.73. The number of pyridine rings is 1. The molecule has 0 saturated carbocycles. The molecule has 0 bridgehead atoms. The Labute approximate surface area is 143 Å². The zero-order valence-corrected chi connectivity index (χ0v) is 13.5. The van der Waals surface area contributed by atoms with Gasteiger partial charge in [-0.1, -0.05) is 5.16 Å². The monoisotopic (exact) mass is 339 g/mol. The fraction of sp³-hybridized carbons (Fsp3) is 0.294. The van der Waals surface area contributed by atoms with Crippen LogP contribution >= 0.6 is 0 Å². The highest BCUT2D eigenvalue weighted by Gasteiger charge is 2.33. The first-order chi connectivity index (χ1) is 12.3. The van der Waals surface area contributed by atoms with Crippen molar-refractivity contribution >= 4 is 5.91 Å². The van der Waals surface area contributed by atoms with Crippen LogP contribution in [0.1, 0.15) is 17.6 Å². The number of nitrogens with zero attached hydrogens (tertiary/aromatic N) is 4. The van der Waals surface area contributed by atoms with Crippen LogP contribution in [0.5, 0.6) is 0 Å². The fourth-order valence-electron chi connectivity index (χ4n) is 2.73. The molecule has 128 valence electrons. The van der Waals surface area contributed by atoms with Crippen molar-refractivity contribution in [2.75, 3.05) is 19.6 Å². The third kappa shape index (κ3) is 3.58. The number of nitrogens with one attached hydrogen (secondary N) is 1. The van der Waals surface area contributed by atoms with Crippen molar-refractivity contribution in [2.24, 2.45) is 0 Å². The van der Waals surface area contributed by atoms with Gasteiger partial charge in [0.15, 0.2) is 0 Å². The summed E-state index contributed by atoms with van der Waals surface area (Å²) >= 11 is 0. The predicted octanol–water partition coefficient (Wildman–Crippen LogP) is 1.44. The molecule has 1 N–H and O–H groups in total. The quantitative estimate of drug-likeness (QED) is 0.725. The van der Waals surface area contributed by atoms with E-state index in [1.54, 1.807) is 24.7 Å². The Morgan fingerprint density at radius 2 is 2.24 bits per heavy atom. The highest BCUT2D eigenvalue weighted by atomic mass is 16.5. The first kappa shape index (κ1) is 15.5. The molecule has 0 aromatic carbocycles. The summed E-state index contributed by atoms with van der Waals surface area (Å²) in [7, 11) is 0. The second kappa shape index (κ2) is 6.86. The maximum absolute atomic E-state index is 11.9. The molecule has 1 amide bonds. The molecule has 0 aliphatic carbocycles. The molecule has 0 atom stereocenters. The lowest BCUT2D eigenvalue weighted by molar-refractivity contribution is -0.123. The van der Waals surface area contributed by atoms with Crippen LogP contribution in [0.3, 0.4) is 0 Å². The summed E-state index contributed by atoms with van der Waals surface area (Å²) in [6, 6.07) is 7.34. The second-order valence-electron chi connectivity index (χ2n) is 5.95. The number of carbonyl (C=O) groups excluding carboxylic acids is 1. The van der Waals surface area contributed by atoms with E-state index in [1.165, 1.54) is 0 Å². The lowest BCUT2D eigenvalue weighted by atomic mass is 10.0. The molecule has 0 unspecified atom stereocenters. The van der Waals surface area contributed by atoms with E-state index in [9.17, 15) is 4.79 Å². The van der Waals surface area contributed by atoms with Gasteiger partial charge in [0.25, 0.3) is 0 Å². The van der Waals surface area contributed by atoms with Crippen LogP contribution in [0.15, 0.2) is 51.9 Å². The normalized spacial score (nSPS) is 15.0. The van der Waals surface area contributed by atoms with E-state index in [2.05, 4.69) is 20.4 Å². The first-order valence-electron chi connectivity index (χ1n) is 8.03. The standard InChI is InChI=1S/C17H17N5O3/c23-15(19-8-14-4-2-6-24-14)11-22-9-13(10-22)17-20-16(21-25-17)12-3-1-5-18-7-12/h1-7,13H,8-11H2,(H,19,23). The number of hydrogen-bond acceptors (Lipinski definition) is 7. The minimum Gasteiger partial charge on any atom is -0.467 e. The number of furan rings is 1. The Hall–Kier alpha value is -3.00. The average molecular weight is 339 g/mol. The summed E-state index contributed by atoms with van der Waals surface area (Å²) in [5.41, 5.74) is 0.825. The molecule has 1 aliphatic rings. The van der Waals surface area contributed by atoms with Crippen LogP contribution in [-0.2, 0) is 11.3 Å². The Bertz CT molecular complexity index is 825. The molecule has 0 radical (unpaired) electrons. The Morgan fingerprint density at radius 3 is 3.00 bits per heavy atom. The van der Waals surface area contributed by atoms with Crippen molar-refractivity contribution < 1.29 is 13.7 Å². The summed E-state index contributed by atoms with van der Waals surface area (Å²) in [6.07, 6.45) is 4.99. The van der Waals surface area contributed by atoms with Crippen molar-refractivity contribution in [1.29, 1.82) is 0 Å². The van der Waals surface area contributed by atoms with Crippen LogP contribution < -0.4 is 5.32 Å². The largest absolute Gasteiger partial charge is 0.467 e. The molecule has 25 heavy (non-hydrogen) atoms. The van der Waals surface area contributed by atoms with Crippen molar-refractivity contribution in [3.05, 3.63) is 54.6 Å². The van der Waals surface area contributed by atoms with Crippen molar-refractivity contribution in [1.82, 2.24) is 25.3 Å². The van der Waals surface area contributed by atoms with E-state index in [0.717, 1.165) is 24.4 Å². The van der Waals surface area contributed by atoms with Gasteiger partial charge in [0.1, 0.15) is 5.76 Å². The van der Waals surface area contributed by atoms with Gasteiger partial charge in [-0.2, -0.15) is 4.98 Å². The summed E-state index contributed by atoms with van der Waals surface area (Å²) in [5, 5.41) is 6.83. The van der Waals surface area contributed by atoms with E-state index >= 15 is 0 Å². The number of amides is 1. The van der Waals surface area contributed by atoms with Gasteiger partial charge in [-0.15, -0.1) is 0 Å². The van der Waals surface area contributed by atoms with Gasteiger partial charge in [-0.3, -0.25) is 14.7 Å². The predicted molar refractivity (Wildman–Crippen MR) is 87.3 cm³/mol. The summed E-state index contributed by atoms with van der Waals surface area (Å²) in [4.78, 5) is 22.4. The van der Waals surface area contributed by atoms with Gasteiger partial charge in [-0.25, -0.2) is 0 Å². The lowest BCUT2D eigenvalue weighted by Crippen LogP contribution is -2.49. The molecule has 1 saturated heterocycles. The van der Waals surface area contributed by atoms with Gasteiger partial charge >= 0.3 is 0 Å². The molecule has 1 aliphatic heterocycles. The van der Waals surface area contributed by atoms with Gasteiger partial charge < -0.3 is 14.3 Å². The number of aromatic nitrogens is 3. The van der Waals surface area contributed by atoms with Crippen LogP contribution in [-0.4, -0.2) is 45.6 Å². The van der Waals surface area contributed by atoms with Crippen LogP contribution in [0.4, 0.5) is 0 Å². The van der Waals surface area contributed by atoms with Crippen molar-refractivity contribution in [3.63, 3.8) is 0 Å². The Morgan fingerprint density at radius 1 is 1.32 bits per heavy atom. The second-order valence-corrected chi connectivity index (χ2v) is 5.95. The smallest absolute Gasteiger partial charge is 0.234 e. The lowest BCUT2D eigenvalue weighted by Gasteiger charge is -2.36. The van der Waals surface area contributed by atoms with E-state index in [1.807, 2.05) is 23.1 Å². The molecule has 3 aromatic heterocycles. The first-order valence-corrected chi connectivity index (χ1v) is 8.03. The minimum atomic E-state index is -0.0311. The summed E-state index contributed by atoms with van der Waals surface area (Å²) < 4.78 is 10.5. The van der Waals surface area contributed by atoms with Crippen LogP contribution in [0.2, 0.25) is 0 Å². The van der Waals surface area contributed by atoms with Crippen LogP contribution in [0, 0.1) is 0 Å². The number of hydrogen-bond donors (Lipinski definition) is 1. The third-order valence-electron chi connectivity index (χ3n) is 4.07. The van der Waals surface area contributed by atoms with E-state index in [-0.39, 0.29) is 11.8 Å². The highest BCUT2D eigenvalue weighted by molar-refractivity contribution is 5.78. The van der Waals surface area contributed by atoms with E-state index in [4.69, 9.17) is 8.94 Å². The number of carbonyl (C=O) groups is 1. The number of likely N-dealkylation sites (tertiary alicyclic amines) is 1. The molecule has 4 heterocycles. The molecule has 0 spiro atoms. The average Bonchev–Trinajstić information content (AvgIpc) is 3.28. The zero-order chi connectivity index (χ0) is 17.1. The van der Waals surface area contributed by atoms with Gasteiger partial charge in [0.2, 0.25) is 17.6 Å². The highest BCUT2D eigenvalue weighted by Crippen LogP contribution is 2.27. The summed E-state index contributed by atoms with van der Waals surface area (Å²) in [6.45, 7) is 2.20. The van der Waals surface area contributed by atoms with E-state index < -0.39 is 0 Å².